The lowest BCUT2D eigenvalue weighted by Gasteiger charge is -2.05. The second kappa shape index (κ2) is 9.22. The summed E-state index contributed by atoms with van der Waals surface area (Å²) >= 11 is 1.25. The van der Waals surface area contributed by atoms with Crippen LogP contribution in [0.1, 0.15) is 11.3 Å². The molecular weight excluding hydrogens is 378 g/mol. The lowest BCUT2D eigenvalue weighted by molar-refractivity contribution is -0.146. The summed E-state index contributed by atoms with van der Waals surface area (Å²) in [6, 6.07) is 8.84. The second-order valence-electron chi connectivity index (χ2n) is 5.08. The van der Waals surface area contributed by atoms with Crippen molar-refractivity contribution in [1.29, 1.82) is 0 Å². The van der Waals surface area contributed by atoms with Crippen LogP contribution in [-0.2, 0) is 24.3 Å². The molecule has 1 heterocycles. The van der Waals surface area contributed by atoms with Gasteiger partial charge in [-0.25, -0.2) is 18.1 Å². The number of aromatic nitrogens is 1. The molecular formula is C16H17N3O5S2. The Labute approximate surface area is 155 Å². The molecule has 0 bridgehead atoms. The van der Waals surface area contributed by atoms with Gasteiger partial charge in [0.15, 0.2) is 11.7 Å². The van der Waals surface area contributed by atoms with E-state index in [1.807, 2.05) is 6.07 Å². The number of nitrogens with zero attached hydrogens (tertiary/aromatic N) is 1. The summed E-state index contributed by atoms with van der Waals surface area (Å²) in [6.45, 7) is 0.675. The van der Waals surface area contributed by atoms with Crippen molar-refractivity contribution in [2.75, 3.05) is 18.5 Å². The number of benzene rings is 1. The molecule has 10 heteroatoms. The van der Waals surface area contributed by atoms with Crippen molar-refractivity contribution < 1.29 is 22.7 Å². The molecule has 0 aliphatic rings. The fraction of sp³-hybridized carbons (Fsp3) is 0.188. The molecule has 0 spiro atoms. The second-order valence-corrected chi connectivity index (χ2v) is 7.59. The molecule has 26 heavy (non-hydrogen) atoms. The molecule has 2 N–H and O–H groups in total. The fourth-order valence-electron chi connectivity index (χ4n) is 1.70. The van der Waals surface area contributed by atoms with Gasteiger partial charge in [0.2, 0.25) is 10.0 Å². The quantitative estimate of drug-likeness (QED) is 0.655. The topological polar surface area (TPSA) is 114 Å². The van der Waals surface area contributed by atoms with Gasteiger partial charge < -0.3 is 4.74 Å². The molecule has 0 saturated heterocycles. The standard InChI is InChI=1S/C16H17N3O5S2/c1-12-11-25-16(18-12)19-14(20)10-24-15(21)9-17-26(22,23)8-7-13-5-3-2-4-6-13/h2-8,11,17H,9-10H2,1H3,(H,18,19,20)/b8-7+. The van der Waals surface area contributed by atoms with E-state index in [-0.39, 0.29) is 0 Å². The SMILES string of the molecule is Cc1csc(NC(=O)COC(=O)CNS(=O)(=O)/C=C/c2ccccc2)n1. The van der Waals surface area contributed by atoms with Crippen molar-refractivity contribution in [3.63, 3.8) is 0 Å². The Morgan fingerprint density at radius 1 is 1.27 bits per heavy atom. The van der Waals surface area contributed by atoms with Crippen molar-refractivity contribution in [3.8, 4) is 0 Å². The van der Waals surface area contributed by atoms with E-state index in [1.165, 1.54) is 17.4 Å². The summed E-state index contributed by atoms with van der Waals surface area (Å²) in [5, 5.41) is 5.58. The maximum Gasteiger partial charge on any atom is 0.321 e. The Morgan fingerprint density at radius 2 is 2.00 bits per heavy atom. The first-order chi connectivity index (χ1) is 12.3. The van der Waals surface area contributed by atoms with E-state index in [0.29, 0.717) is 10.7 Å². The van der Waals surface area contributed by atoms with Gasteiger partial charge in [-0.3, -0.25) is 14.9 Å². The summed E-state index contributed by atoms with van der Waals surface area (Å²) in [5.41, 5.74) is 1.47. The van der Waals surface area contributed by atoms with E-state index in [0.717, 1.165) is 11.1 Å². The molecule has 1 amide bonds. The maximum absolute atomic E-state index is 11.8. The van der Waals surface area contributed by atoms with E-state index in [4.69, 9.17) is 4.74 Å². The molecule has 0 aliphatic carbocycles. The van der Waals surface area contributed by atoms with Gasteiger partial charge >= 0.3 is 5.97 Å². The van der Waals surface area contributed by atoms with Crippen molar-refractivity contribution in [3.05, 3.63) is 52.4 Å². The molecule has 0 atom stereocenters. The lowest BCUT2D eigenvalue weighted by Crippen LogP contribution is -2.31. The number of sulfonamides is 1. The molecule has 0 aliphatic heterocycles. The number of rotatable bonds is 8. The monoisotopic (exact) mass is 395 g/mol. The fourth-order valence-corrected chi connectivity index (χ4v) is 3.16. The summed E-state index contributed by atoms with van der Waals surface area (Å²) in [5.74, 6) is -1.42. The highest BCUT2D eigenvalue weighted by Gasteiger charge is 2.12. The maximum atomic E-state index is 11.8. The average molecular weight is 395 g/mol. The molecule has 0 fully saturated rings. The Morgan fingerprint density at radius 3 is 2.65 bits per heavy atom. The molecule has 0 radical (unpaired) electrons. The van der Waals surface area contributed by atoms with Gasteiger partial charge in [-0.15, -0.1) is 11.3 Å². The zero-order valence-corrected chi connectivity index (χ0v) is 15.5. The minimum atomic E-state index is -3.80. The summed E-state index contributed by atoms with van der Waals surface area (Å²) < 4.78 is 30.4. The van der Waals surface area contributed by atoms with Crippen molar-refractivity contribution in [2.24, 2.45) is 0 Å². The number of aryl methyl sites for hydroxylation is 1. The van der Waals surface area contributed by atoms with Crippen LogP contribution in [0.25, 0.3) is 6.08 Å². The molecule has 0 saturated carbocycles. The number of esters is 1. The molecule has 2 aromatic rings. The molecule has 0 unspecified atom stereocenters. The van der Waals surface area contributed by atoms with Crippen LogP contribution < -0.4 is 10.0 Å². The molecule has 1 aromatic heterocycles. The Balaban J connectivity index is 1.73. The summed E-state index contributed by atoms with van der Waals surface area (Å²) in [4.78, 5) is 27.2. The van der Waals surface area contributed by atoms with Crippen LogP contribution in [-0.4, -0.2) is 38.4 Å². The zero-order valence-electron chi connectivity index (χ0n) is 13.8. The molecule has 138 valence electrons. The Bertz CT molecular complexity index is 892. The highest BCUT2D eigenvalue weighted by atomic mass is 32.2. The minimum Gasteiger partial charge on any atom is -0.455 e. The largest absolute Gasteiger partial charge is 0.455 e. The Kier molecular flexibility index (Phi) is 7.01. The van der Waals surface area contributed by atoms with Gasteiger partial charge in [0, 0.05) is 10.8 Å². The van der Waals surface area contributed by atoms with Crippen LogP contribution in [0.3, 0.4) is 0 Å². The van der Waals surface area contributed by atoms with Gasteiger partial charge in [0.05, 0.1) is 5.69 Å². The highest BCUT2D eigenvalue weighted by molar-refractivity contribution is 7.92. The van der Waals surface area contributed by atoms with Gasteiger partial charge in [0.1, 0.15) is 6.54 Å². The van der Waals surface area contributed by atoms with Crippen LogP contribution in [0.4, 0.5) is 5.13 Å². The van der Waals surface area contributed by atoms with Gasteiger partial charge in [-0.05, 0) is 18.6 Å². The number of ether oxygens (including phenoxy) is 1. The third-order valence-corrected chi connectivity index (χ3v) is 4.80. The number of carbonyl (C=O) groups is 2. The predicted molar refractivity (Wildman–Crippen MR) is 98.8 cm³/mol. The van der Waals surface area contributed by atoms with E-state index >= 15 is 0 Å². The first-order valence-electron chi connectivity index (χ1n) is 7.44. The minimum absolute atomic E-state index is 0.398. The zero-order chi connectivity index (χ0) is 19.0. The van der Waals surface area contributed by atoms with E-state index in [9.17, 15) is 18.0 Å². The predicted octanol–water partition coefficient (Wildman–Crippen LogP) is 1.52. The smallest absolute Gasteiger partial charge is 0.321 e. The third kappa shape index (κ3) is 7.13. The van der Waals surface area contributed by atoms with Gasteiger partial charge in [-0.1, -0.05) is 30.3 Å². The number of nitrogens with one attached hydrogen (secondary N) is 2. The van der Waals surface area contributed by atoms with Crippen LogP contribution >= 0.6 is 11.3 Å². The molecule has 2 rings (SSSR count). The average Bonchev–Trinajstić information content (AvgIpc) is 3.02. The number of anilines is 1. The molecule has 8 nitrogen and oxygen atoms in total. The van der Waals surface area contributed by atoms with Crippen LogP contribution in [0.2, 0.25) is 0 Å². The first kappa shape index (κ1) is 19.8. The van der Waals surface area contributed by atoms with Crippen LogP contribution in [0.15, 0.2) is 41.1 Å². The van der Waals surface area contributed by atoms with Crippen LogP contribution in [0.5, 0.6) is 0 Å². The number of thiazole rings is 1. The van der Waals surface area contributed by atoms with Crippen LogP contribution in [0, 0.1) is 6.92 Å². The number of hydrogen-bond acceptors (Lipinski definition) is 7. The van der Waals surface area contributed by atoms with Crippen molar-refractivity contribution in [1.82, 2.24) is 9.71 Å². The van der Waals surface area contributed by atoms with E-state index in [1.54, 1.807) is 36.6 Å². The lowest BCUT2D eigenvalue weighted by atomic mass is 10.2. The van der Waals surface area contributed by atoms with Crippen molar-refractivity contribution >= 4 is 44.4 Å². The number of hydrogen-bond donors (Lipinski definition) is 2. The molecule has 1 aromatic carbocycles. The normalized spacial score (nSPS) is 11.4. The highest BCUT2D eigenvalue weighted by Crippen LogP contribution is 2.13. The first-order valence-corrected chi connectivity index (χ1v) is 9.87. The van der Waals surface area contributed by atoms with Gasteiger partial charge in [-0.2, -0.15) is 0 Å². The third-order valence-electron chi connectivity index (χ3n) is 2.89. The van der Waals surface area contributed by atoms with Gasteiger partial charge in [0.25, 0.3) is 5.91 Å². The van der Waals surface area contributed by atoms with Crippen molar-refractivity contribution in [2.45, 2.75) is 6.92 Å². The summed E-state index contributed by atoms with van der Waals surface area (Å²) in [7, 11) is -3.80. The van der Waals surface area contributed by atoms with E-state index < -0.39 is 35.1 Å². The Hall–Kier alpha value is -2.56. The number of amides is 1. The van der Waals surface area contributed by atoms with E-state index in [2.05, 4.69) is 15.0 Å². The summed E-state index contributed by atoms with van der Waals surface area (Å²) in [6.07, 6.45) is 1.40. The number of carbonyl (C=O) groups excluding carboxylic acids is 2.